The highest BCUT2D eigenvalue weighted by molar-refractivity contribution is 7.91. The van der Waals surface area contributed by atoms with Gasteiger partial charge in [0.25, 0.3) is 0 Å². The van der Waals surface area contributed by atoms with Crippen molar-refractivity contribution in [2.45, 2.75) is 11.5 Å². The summed E-state index contributed by atoms with van der Waals surface area (Å²) in [6.07, 6.45) is 0. The largest absolute Gasteiger partial charge is 0.566 e. The molecule has 3 N–H and O–H groups in total. The minimum atomic E-state index is -4.24. The van der Waals surface area contributed by atoms with E-state index in [0.29, 0.717) is 11.0 Å². The zero-order valence-electron chi connectivity index (χ0n) is 13.2. The van der Waals surface area contributed by atoms with Crippen LogP contribution in [0.1, 0.15) is 15.9 Å². The molecule has 1 heterocycles. The predicted octanol–water partition coefficient (Wildman–Crippen LogP) is -0.174. The Morgan fingerprint density at radius 3 is 2.72 bits per heavy atom. The maximum Gasteiger partial charge on any atom is 0.356 e. The molecule has 0 radical (unpaired) electrons. The van der Waals surface area contributed by atoms with Crippen LogP contribution in [0.15, 0.2) is 47.4 Å². The van der Waals surface area contributed by atoms with Crippen LogP contribution in [-0.4, -0.2) is 38.3 Å². The first-order chi connectivity index (χ1) is 11.8. The SMILES string of the molecule is COC(=O)c1cc(S(=O)(=O)N[B-]2(O)OCc3ccccc32)ccc1O. The molecule has 0 saturated heterocycles. The monoisotopic (exact) mass is 364 g/mol. The highest BCUT2D eigenvalue weighted by Gasteiger charge is 2.37. The number of aromatic hydroxyl groups is 1. The fraction of sp³-hybridized carbons (Fsp3) is 0.133. The molecule has 0 spiro atoms. The summed E-state index contributed by atoms with van der Waals surface area (Å²) in [5, 5.41) is 20.3. The van der Waals surface area contributed by atoms with Crippen molar-refractivity contribution in [3.8, 4) is 5.75 Å². The van der Waals surface area contributed by atoms with E-state index in [4.69, 9.17) is 4.65 Å². The second-order valence-corrected chi connectivity index (χ2v) is 7.26. The number of carbonyl (C=O) groups excluding carboxylic acids is 1. The van der Waals surface area contributed by atoms with Crippen molar-refractivity contribution in [2.75, 3.05) is 7.11 Å². The van der Waals surface area contributed by atoms with E-state index in [-0.39, 0.29) is 17.1 Å². The van der Waals surface area contributed by atoms with E-state index < -0.39 is 28.4 Å². The summed E-state index contributed by atoms with van der Waals surface area (Å²) in [6, 6.07) is 9.82. The highest BCUT2D eigenvalue weighted by atomic mass is 32.2. The number of methoxy groups -OCH3 is 1. The van der Waals surface area contributed by atoms with Crippen LogP contribution in [0, 0.1) is 0 Å². The van der Waals surface area contributed by atoms with Crippen LogP contribution in [0.5, 0.6) is 5.75 Å². The number of fused-ring (bicyclic) bond motifs is 1. The van der Waals surface area contributed by atoms with Gasteiger partial charge in [-0.25, -0.2) is 13.2 Å². The number of benzene rings is 2. The number of phenols is 1. The number of nitrogens with one attached hydrogen (secondary N) is 1. The number of carbonyl (C=O) groups is 1. The second kappa shape index (κ2) is 6.15. The Hall–Kier alpha value is -2.40. The van der Waals surface area contributed by atoms with Crippen LogP contribution in [-0.2, 0) is 26.0 Å². The molecule has 10 heteroatoms. The summed E-state index contributed by atoms with van der Waals surface area (Å²) in [6.45, 7) is -2.91. The Morgan fingerprint density at radius 2 is 2.00 bits per heavy atom. The second-order valence-electron chi connectivity index (χ2n) is 5.55. The third kappa shape index (κ3) is 3.12. The lowest BCUT2D eigenvalue weighted by atomic mass is 9.66. The molecule has 0 amide bonds. The van der Waals surface area contributed by atoms with Crippen molar-refractivity contribution >= 4 is 28.1 Å². The Morgan fingerprint density at radius 1 is 1.28 bits per heavy atom. The molecule has 0 bridgehead atoms. The van der Waals surface area contributed by atoms with Gasteiger partial charge in [-0.3, -0.25) is 0 Å². The fourth-order valence-electron chi connectivity index (χ4n) is 2.68. The van der Waals surface area contributed by atoms with E-state index in [1.165, 1.54) is 0 Å². The third-order valence-corrected chi connectivity index (χ3v) is 5.46. The van der Waals surface area contributed by atoms with Crippen molar-refractivity contribution in [3.05, 3.63) is 53.6 Å². The lowest BCUT2D eigenvalue weighted by molar-refractivity contribution is 0.0597. The first-order valence-electron chi connectivity index (χ1n) is 7.31. The number of hydrogen-bond acceptors (Lipinski definition) is 7. The molecule has 25 heavy (non-hydrogen) atoms. The molecule has 2 aromatic rings. The Bertz CT molecular complexity index is 947. The number of phenolic OH excluding ortho intramolecular Hbond substituents is 1. The molecule has 1 atom stereocenters. The van der Waals surface area contributed by atoms with E-state index in [1.54, 1.807) is 24.3 Å². The summed E-state index contributed by atoms with van der Waals surface area (Å²) in [4.78, 5) is 11.3. The Labute approximate surface area is 144 Å². The molecule has 0 aromatic heterocycles. The van der Waals surface area contributed by atoms with Crippen LogP contribution in [0.4, 0.5) is 0 Å². The number of esters is 1. The molecule has 132 valence electrons. The number of hydrogen-bond donors (Lipinski definition) is 3. The van der Waals surface area contributed by atoms with Gasteiger partial charge in [0.1, 0.15) is 11.3 Å². The zero-order chi connectivity index (χ0) is 18.2. The fourth-order valence-corrected chi connectivity index (χ4v) is 3.95. The van der Waals surface area contributed by atoms with Crippen molar-refractivity contribution in [3.63, 3.8) is 0 Å². The minimum absolute atomic E-state index is 0.0676. The maximum absolute atomic E-state index is 12.6. The lowest BCUT2D eigenvalue weighted by Crippen LogP contribution is -2.62. The Balaban J connectivity index is 1.97. The third-order valence-electron chi connectivity index (χ3n) is 3.96. The van der Waals surface area contributed by atoms with Gasteiger partial charge in [0.15, 0.2) is 0 Å². The molecule has 0 fully saturated rings. The molecular formula is C15H15BNO7S-. The van der Waals surface area contributed by atoms with E-state index in [1.807, 2.05) is 0 Å². The summed E-state index contributed by atoms with van der Waals surface area (Å²) >= 11 is 0. The average molecular weight is 364 g/mol. The van der Waals surface area contributed by atoms with Crippen molar-refractivity contribution in [1.82, 2.24) is 4.63 Å². The molecule has 1 aliphatic rings. The van der Waals surface area contributed by atoms with Gasteiger partial charge in [0.05, 0.1) is 12.0 Å². The molecule has 3 rings (SSSR count). The molecule has 1 unspecified atom stereocenters. The van der Waals surface area contributed by atoms with E-state index in [2.05, 4.69) is 9.37 Å². The lowest BCUT2D eigenvalue weighted by Gasteiger charge is -2.31. The highest BCUT2D eigenvalue weighted by Crippen LogP contribution is 2.23. The molecule has 2 aromatic carbocycles. The van der Waals surface area contributed by atoms with Crippen molar-refractivity contribution < 1.29 is 32.7 Å². The van der Waals surface area contributed by atoms with Crippen LogP contribution in [0.25, 0.3) is 0 Å². The molecule has 0 saturated carbocycles. The van der Waals surface area contributed by atoms with Crippen LogP contribution >= 0.6 is 0 Å². The molecular weight excluding hydrogens is 349 g/mol. The number of sulfonamides is 1. The predicted molar refractivity (Wildman–Crippen MR) is 88.6 cm³/mol. The van der Waals surface area contributed by atoms with Gasteiger partial charge in [-0.1, -0.05) is 29.8 Å². The van der Waals surface area contributed by atoms with Crippen molar-refractivity contribution in [2.24, 2.45) is 0 Å². The quantitative estimate of drug-likeness (QED) is 0.508. The number of rotatable bonds is 4. The summed E-state index contributed by atoms with van der Waals surface area (Å²) in [7, 11) is -3.13. The molecule has 1 aliphatic heterocycles. The van der Waals surface area contributed by atoms with E-state index in [0.717, 1.165) is 25.3 Å². The van der Waals surface area contributed by atoms with Crippen LogP contribution in [0.2, 0.25) is 0 Å². The van der Waals surface area contributed by atoms with Gasteiger partial charge in [0.2, 0.25) is 10.0 Å². The van der Waals surface area contributed by atoms with Crippen LogP contribution < -0.4 is 10.1 Å². The summed E-state index contributed by atoms with van der Waals surface area (Å²) in [5.74, 6) is -1.31. The maximum atomic E-state index is 12.6. The topological polar surface area (TPSA) is 122 Å². The summed E-state index contributed by atoms with van der Waals surface area (Å²) in [5.41, 5.74) is 0.712. The minimum Gasteiger partial charge on any atom is -0.566 e. The van der Waals surface area contributed by atoms with Crippen LogP contribution in [0.3, 0.4) is 0 Å². The molecule has 8 nitrogen and oxygen atoms in total. The van der Waals surface area contributed by atoms with Gasteiger partial charge in [-0.15, -0.1) is 5.46 Å². The van der Waals surface area contributed by atoms with Crippen molar-refractivity contribution in [1.29, 1.82) is 0 Å². The van der Waals surface area contributed by atoms with Gasteiger partial charge in [0, 0.05) is 6.61 Å². The van der Waals surface area contributed by atoms with Gasteiger partial charge < -0.3 is 24.2 Å². The first kappa shape index (κ1) is 17.4. The summed E-state index contributed by atoms with van der Waals surface area (Å²) < 4.78 is 37.1. The van der Waals surface area contributed by atoms with Gasteiger partial charge in [-0.2, -0.15) is 0 Å². The first-order valence-corrected chi connectivity index (χ1v) is 8.79. The Kier molecular flexibility index (Phi) is 4.29. The number of ether oxygens (including phenoxy) is 1. The van der Waals surface area contributed by atoms with E-state index >= 15 is 0 Å². The smallest absolute Gasteiger partial charge is 0.356 e. The molecule has 0 aliphatic carbocycles. The zero-order valence-corrected chi connectivity index (χ0v) is 14.0. The normalized spacial score (nSPS) is 19.4. The van der Waals surface area contributed by atoms with Gasteiger partial charge >= 0.3 is 12.7 Å². The standard InChI is InChI=1S/C15H15BNO7S/c1-23-15(19)12-8-11(6-7-14(12)18)25(21,22)17-16(20)13-5-3-2-4-10(13)9-24-16/h2-8,17-18,20H,9H2,1H3/q-1. The van der Waals surface area contributed by atoms with E-state index in [9.17, 15) is 23.3 Å². The van der Waals surface area contributed by atoms with Gasteiger partial charge in [-0.05, 0) is 18.2 Å². The average Bonchev–Trinajstić information content (AvgIpc) is 2.91.